The van der Waals surface area contributed by atoms with Crippen LogP contribution in [0, 0.1) is 0 Å². The van der Waals surface area contributed by atoms with Crippen LogP contribution in [0.15, 0.2) is 70.0 Å². The lowest BCUT2D eigenvalue weighted by atomic mass is 10.1. The maximum Gasteiger partial charge on any atom is 0.338 e. The van der Waals surface area contributed by atoms with E-state index in [2.05, 4.69) is 0 Å². The summed E-state index contributed by atoms with van der Waals surface area (Å²) >= 11 is 6.87. The molecule has 0 spiro atoms. The minimum absolute atomic E-state index is 0.152. The number of halogens is 1. The Morgan fingerprint density at radius 3 is 2.65 bits per heavy atom. The molecule has 3 aromatic rings. The Hall–Kier alpha value is -3.29. The fraction of sp³-hybridized carbons (Fsp3) is 0.192. The van der Waals surface area contributed by atoms with Gasteiger partial charge in [-0.05, 0) is 60.1 Å². The Balaban J connectivity index is 1.44. The zero-order chi connectivity index (χ0) is 24.1. The first-order chi connectivity index (χ1) is 16.4. The Morgan fingerprint density at radius 1 is 1.12 bits per heavy atom. The van der Waals surface area contributed by atoms with Crippen LogP contribution in [0.2, 0.25) is 5.02 Å². The van der Waals surface area contributed by atoms with Crippen LogP contribution in [0.5, 0.6) is 0 Å². The van der Waals surface area contributed by atoms with Gasteiger partial charge in [-0.2, -0.15) is 0 Å². The third-order valence-electron chi connectivity index (χ3n) is 5.14. The number of benzene rings is 2. The molecule has 1 aliphatic heterocycles. The van der Waals surface area contributed by atoms with Gasteiger partial charge in [0.1, 0.15) is 11.5 Å². The number of imide groups is 1. The van der Waals surface area contributed by atoms with Crippen LogP contribution in [-0.2, 0) is 16.1 Å². The van der Waals surface area contributed by atoms with Crippen molar-refractivity contribution in [1.29, 1.82) is 0 Å². The van der Waals surface area contributed by atoms with E-state index in [0.29, 0.717) is 28.7 Å². The number of ether oxygens (including phenoxy) is 1. The van der Waals surface area contributed by atoms with Gasteiger partial charge in [0.25, 0.3) is 11.1 Å². The summed E-state index contributed by atoms with van der Waals surface area (Å²) in [4.78, 5) is 38.7. The molecule has 2 aromatic carbocycles. The molecule has 0 saturated carbocycles. The van der Waals surface area contributed by atoms with Gasteiger partial charge in [-0.15, -0.1) is 0 Å². The normalized spacial score (nSPS) is 14.8. The second kappa shape index (κ2) is 10.8. The highest BCUT2D eigenvalue weighted by Gasteiger charge is 2.35. The largest absolute Gasteiger partial charge is 0.462 e. The number of esters is 1. The summed E-state index contributed by atoms with van der Waals surface area (Å²) in [5.74, 6) is 0.300. The van der Waals surface area contributed by atoms with Gasteiger partial charge in [0.2, 0.25) is 0 Å². The third kappa shape index (κ3) is 5.61. The van der Waals surface area contributed by atoms with Crippen LogP contribution in [0.4, 0.5) is 4.79 Å². The highest BCUT2D eigenvalue weighted by atomic mass is 35.5. The molecule has 6 nitrogen and oxygen atoms in total. The van der Waals surface area contributed by atoms with Crippen LogP contribution in [0.1, 0.15) is 41.4 Å². The Morgan fingerprint density at radius 2 is 1.91 bits per heavy atom. The van der Waals surface area contributed by atoms with Crippen molar-refractivity contribution >= 4 is 46.6 Å². The van der Waals surface area contributed by atoms with Crippen molar-refractivity contribution in [2.45, 2.75) is 26.3 Å². The Labute approximate surface area is 206 Å². The quantitative estimate of drug-likeness (QED) is 0.194. The average Bonchev–Trinajstić information content (AvgIpc) is 3.40. The molecule has 1 fully saturated rings. The zero-order valence-electron chi connectivity index (χ0n) is 18.5. The molecule has 2 heterocycles. The van der Waals surface area contributed by atoms with E-state index in [1.165, 1.54) is 4.90 Å². The Bertz CT molecular complexity index is 1250. The molecule has 34 heavy (non-hydrogen) atoms. The molecule has 1 aromatic heterocycles. The van der Waals surface area contributed by atoms with Crippen molar-refractivity contribution in [1.82, 2.24) is 4.90 Å². The van der Waals surface area contributed by atoms with Crippen LogP contribution in [-0.4, -0.2) is 28.6 Å². The van der Waals surface area contributed by atoms with Gasteiger partial charge < -0.3 is 9.15 Å². The van der Waals surface area contributed by atoms with Crippen LogP contribution in [0.25, 0.3) is 17.4 Å². The number of furan rings is 1. The highest BCUT2D eigenvalue weighted by Crippen LogP contribution is 2.34. The van der Waals surface area contributed by atoms with Crippen molar-refractivity contribution in [2.75, 3.05) is 6.61 Å². The van der Waals surface area contributed by atoms with Crippen molar-refractivity contribution in [3.63, 3.8) is 0 Å². The Kier molecular flexibility index (Phi) is 7.55. The summed E-state index contributed by atoms with van der Waals surface area (Å²) in [6, 6.07) is 17.5. The van der Waals surface area contributed by atoms with Gasteiger partial charge in [0.05, 0.1) is 23.6 Å². The molecular weight excluding hydrogens is 474 g/mol. The smallest absolute Gasteiger partial charge is 0.338 e. The number of amides is 2. The maximum atomic E-state index is 12.8. The molecule has 0 bridgehead atoms. The molecule has 0 N–H and O–H groups in total. The molecule has 1 aliphatic rings. The second-order valence-corrected chi connectivity index (χ2v) is 9.10. The SMILES string of the molecule is CCCCOC(=O)c1ccc(-c2ccc(/C=C3\SC(=O)N(Cc4cccc(Cl)c4)C3=O)o2)cc1. The molecule has 0 aliphatic carbocycles. The van der Waals surface area contributed by atoms with Gasteiger partial charge in [0.15, 0.2) is 0 Å². The molecular formula is C26H22ClNO5S. The lowest BCUT2D eigenvalue weighted by Gasteiger charge is -2.12. The molecule has 1 saturated heterocycles. The predicted molar refractivity (Wildman–Crippen MR) is 132 cm³/mol. The summed E-state index contributed by atoms with van der Waals surface area (Å²) in [5, 5.41) is 0.203. The van der Waals surface area contributed by atoms with E-state index in [1.54, 1.807) is 60.7 Å². The topological polar surface area (TPSA) is 76.8 Å². The van der Waals surface area contributed by atoms with Gasteiger partial charge in [-0.1, -0.05) is 49.2 Å². The summed E-state index contributed by atoms with van der Waals surface area (Å²) in [7, 11) is 0. The van der Waals surface area contributed by atoms with Crippen LogP contribution >= 0.6 is 23.4 Å². The number of hydrogen-bond donors (Lipinski definition) is 0. The van der Waals surface area contributed by atoms with E-state index in [0.717, 1.165) is 35.7 Å². The van der Waals surface area contributed by atoms with Gasteiger partial charge >= 0.3 is 5.97 Å². The number of unbranched alkanes of at least 4 members (excludes halogenated alkanes) is 1. The van der Waals surface area contributed by atoms with Crippen molar-refractivity contribution < 1.29 is 23.5 Å². The van der Waals surface area contributed by atoms with Gasteiger partial charge in [-0.25, -0.2) is 4.79 Å². The summed E-state index contributed by atoms with van der Waals surface area (Å²) in [5.41, 5.74) is 2.02. The lowest BCUT2D eigenvalue weighted by molar-refractivity contribution is -0.123. The molecule has 174 valence electrons. The number of thioether (sulfide) groups is 1. The molecule has 8 heteroatoms. The average molecular weight is 496 g/mol. The number of carbonyl (C=O) groups excluding carboxylic acids is 3. The standard InChI is InChI=1S/C26H22ClNO5S/c1-2-3-13-32-25(30)19-9-7-18(8-10-19)22-12-11-21(33-22)15-23-24(29)28(26(31)34-23)16-17-5-4-6-20(27)14-17/h4-12,14-15H,2-3,13,16H2,1H3/b23-15-. The van der Waals surface area contributed by atoms with Crippen molar-refractivity contribution in [3.8, 4) is 11.3 Å². The molecule has 2 amide bonds. The van der Waals surface area contributed by atoms with E-state index in [1.807, 2.05) is 13.0 Å². The fourth-order valence-corrected chi connectivity index (χ4v) is 4.36. The van der Waals surface area contributed by atoms with Crippen molar-refractivity contribution in [2.24, 2.45) is 0 Å². The maximum absolute atomic E-state index is 12.8. The fourth-order valence-electron chi connectivity index (χ4n) is 3.33. The van der Waals surface area contributed by atoms with Crippen LogP contribution in [0.3, 0.4) is 0 Å². The summed E-state index contributed by atoms with van der Waals surface area (Å²) in [6.07, 6.45) is 3.35. The molecule has 0 unspecified atom stereocenters. The number of carbonyl (C=O) groups is 3. The zero-order valence-corrected chi connectivity index (χ0v) is 20.0. The van der Waals surface area contributed by atoms with E-state index in [4.69, 9.17) is 20.8 Å². The molecule has 4 rings (SSSR count). The predicted octanol–water partition coefficient (Wildman–Crippen LogP) is 6.79. The number of nitrogens with zero attached hydrogens (tertiary/aromatic N) is 1. The number of hydrogen-bond acceptors (Lipinski definition) is 6. The van der Waals surface area contributed by atoms with Crippen LogP contribution < -0.4 is 0 Å². The second-order valence-electron chi connectivity index (χ2n) is 7.67. The molecule has 0 radical (unpaired) electrons. The van der Waals surface area contributed by atoms with E-state index < -0.39 is 0 Å². The monoisotopic (exact) mass is 495 g/mol. The summed E-state index contributed by atoms with van der Waals surface area (Å²) < 4.78 is 11.1. The summed E-state index contributed by atoms with van der Waals surface area (Å²) in [6.45, 7) is 2.59. The van der Waals surface area contributed by atoms with E-state index in [9.17, 15) is 14.4 Å². The van der Waals surface area contributed by atoms with Gasteiger partial charge in [0, 0.05) is 16.7 Å². The highest BCUT2D eigenvalue weighted by molar-refractivity contribution is 8.18. The minimum Gasteiger partial charge on any atom is -0.462 e. The van der Waals surface area contributed by atoms with Crippen molar-refractivity contribution in [3.05, 3.63) is 87.5 Å². The number of rotatable bonds is 8. The first-order valence-corrected chi connectivity index (χ1v) is 12.0. The lowest BCUT2D eigenvalue weighted by Crippen LogP contribution is -2.27. The first kappa shape index (κ1) is 23.9. The van der Waals surface area contributed by atoms with E-state index >= 15 is 0 Å². The molecule has 0 atom stereocenters. The minimum atomic E-state index is -0.376. The van der Waals surface area contributed by atoms with E-state index in [-0.39, 0.29) is 28.6 Å². The third-order valence-corrected chi connectivity index (χ3v) is 6.28. The van der Waals surface area contributed by atoms with Gasteiger partial charge in [-0.3, -0.25) is 14.5 Å². The first-order valence-electron chi connectivity index (χ1n) is 10.8.